The number of aromatic nitrogens is 1. The van der Waals surface area contributed by atoms with Crippen molar-refractivity contribution in [1.82, 2.24) is 4.57 Å². The van der Waals surface area contributed by atoms with Crippen LogP contribution in [0.5, 0.6) is 0 Å². The number of carbonyl (C=O) groups is 2. The largest absolute Gasteiger partial charge is 0.465 e. The van der Waals surface area contributed by atoms with E-state index in [1.165, 1.54) is 18.4 Å². The van der Waals surface area contributed by atoms with Crippen LogP contribution in [0.2, 0.25) is 0 Å². The molecule has 0 spiro atoms. The van der Waals surface area contributed by atoms with E-state index in [2.05, 4.69) is 4.99 Å². The molecule has 0 atom stereocenters. The molecule has 0 saturated heterocycles. The number of rotatable bonds is 3. The molecule has 28 heavy (non-hydrogen) atoms. The molecule has 0 unspecified atom stereocenters. The molecule has 1 aromatic heterocycles. The molecule has 1 heterocycles. The highest BCUT2D eigenvalue weighted by atomic mass is 32.1. The highest BCUT2D eigenvalue weighted by Gasteiger charge is 2.12. The van der Waals surface area contributed by atoms with Gasteiger partial charge in [-0.1, -0.05) is 41.7 Å². The summed E-state index contributed by atoms with van der Waals surface area (Å²) in [6.45, 7) is 2.67. The van der Waals surface area contributed by atoms with Crippen molar-refractivity contribution in [3.05, 3.63) is 76.6 Å². The molecule has 4 rings (SSSR count). The summed E-state index contributed by atoms with van der Waals surface area (Å²) >= 11 is 1.38. The van der Waals surface area contributed by atoms with Gasteiger partial charge in [-0.15, -0.1) is 0 Å². The van der Waals surface area contributed by atoms with Crippen LogP contribution in [0.1, 0.15) is 27.6 Å². The van der Waals surface area contributed by atoms with Crippen LogP contribution in [-0.4, -0.2) is 23.6 Å². The SMILES string of the molecule is CCn1c(=NC(=O)c2ccc3ccccc3c2)sc2cc(C(=O)OC)ccc21. The van der Waals surface area contributed by atoms with Crippen molar-refractivity contribution in [2.24, 2.45) is 4.99 Å². The van der Waals surface area contributed by atoms with E-state index in [1.54, 1.807) is 18.2 Å². The topological polar surface area (TPSA) is 60.7 Å². The molecule has 0 saturated carbocycles. The van der Waals surface area contributed by atoms with Gasteiger partial charge in [-0.25, -0.2) is 4.79 Å². The molecular formula is C22H18N2O3S. The fourth-order valence-electron chi connectivity index (χ4n) is 3.18. The van der Waals surface area contributed by atoms with Gasteiger partial charge in [0.05, 0.1) is 22.9 Å². The first-order valence-corrected chi connectivity index (χ1v) is 9.72. The predicted molar refractivity (Wildman–Crippen MR) is 111 cm³/mol. The third kappa shape index (κ3) is 3.23. The highest BCUT2D eigenvalue weighted by molar-refractivity contribution is 7.16. The minimum Gasteiger partial charge on any atom is -0.465 e. The molecule has 0 aliphatic heterocycles. The minimum atomic E-state index is -0.385. The number of nitrogens with zero attached hydrogens (tertiary/aromatic N) is 2. The number of carbonyl (C=O) groups excluding carboxylic acids is 2. The van der Waals surface area contributed by atoms with Gasteiger partial charge in [-0.05, 0) is 48.0 Å². The lowest BCUT2D eigenvalue weighted by atomic mass is 10.1. The molecule has 0 radical (unpaired) electrons. The number of amides is 1. The Labute approximate surface area is 165 Å². The van der Waals surface area contributed by atoms with E-state index in [9.17, 15) is 9.59 Å². The summed E-state index contributed by atoms with van der Waals surface area (Å²) in [6.07, 6.45) is 0. The predicted octanol–water partition coefficient (Wildman–Crippen LogP) is 4.40. The van der Waals surface area contributed by atoms with Crippen molar-refractivity contribution < 1.29 is 14.3 Å². The Bertz CT molecular complexity index is 1280. The van der Waals surface area contributed by atoms with Gasteiger partial charge in [0.25, 0.3) is 5.91 Å². The fourth-order valence-corrected chi connectivity index (χ4v) is 4.31. The Morgan fingerprint density at radius 1 is 1.00 bits per heavy atom. The van der Waals surface area contributed by atoms with Gasteiger partial charge < -0.3 is 9.30 Å². The van der Waals surface area contributed by atoms with Crippen molar-refractivity contribution >= 4 is 44.2 Å². The van der Waals surface area contributed by atoms with Crippen molar-refractivity contribution in [3.63, 3.8) is 0 Å². The minimum absolute atomic E-state index is 0.285. The van der Waals surface area contributed by atoms with Crippen LogP contribution >= 0.6 is 11.3 Å². The highest BCUT2D eigenvalue weighted by Crippen LogP contribution is 2.20. The molecule has 3 aromatic carbocycles. The second-order valence-electron chi connectivity index (χ2n) is 6.28. The summed E-state index contributed by atoms with van der Waals surface area (Å²) in [7, 11) is 1.36. The van der Waals surface area contributed by atoms with Gasteiger partial charge in [-0.2, -0.15) is 4.99 Å². The summed E-state index contributed by atoms with van der Waals surface area (Å²) in [5, 5.41) is 2.09. The molecule has 140 valence electrons. The maximum atomic E-state index is 12.8. The van der Waals surface area contributed by atoms with Crippen molar-refractivity contribution in [3.8, 4) is 0 Å². The molecule has 4 aromatic rings. The van der Waals surface area contributed by atoms with Crippen LogP contribution in [0.3, 0.4) is 0 Å². The summed E-state index contributed by atoms with van der Waals surface area (Å²) < 4.78 is 7.64. The van der Waals surface area contributed by atoms with Gasteiger partial charge in [-0.3, -0.25) is 4.79 Å². The number of hydrogen-bond donors (Lipinski definition) is 0. The smallest absolute Gasteiger partial charge is 0.337 e. The summed E-state index contributed by atoms with van der Waals surface area (Å²) in [5.74, 6) is -0.670. The second-order valence-corrected chi connectivity index (χ2v) is 7.29. The van der Waals surface area contributed by atoms with Gasteiger partial charge in [0.2, 0.25) is 0 Å². The number of aryl methyl sites for hydroxylation is 1. The Morgan fingerprint density at radius 2 is 1.75 bits per heavy atom. The third-order valence-electron chi connectivity index (χ3n) is 4.61. The monoisotopic (exact) mass is 390 g/mol. The van der Waals surface area contributed by atoms with E-state index >= 15 is 0 Å². The molecule has 6 heteroatoms. The van der Waals surface area contributed by atoms with Crippen molar-refractivity contribution in [1.29, 1.82) is 0 Å². The van der Waals surface area contributed by atoms with E-state index in [0.29, 0.717) is 22.5 Å². The lowest BCUT2D eigenvalue weighted by Crippen LogP contribution is -2.15. The number of ether oxygens (including phenoxy) is 1. The Kier molecular flexibility index (Phi) is 4.79. The molecule has 0 fully saturated rings. The standard InChI is InChI=1S/C22H18N2O3S/c1-3-24-18-11-10-17(21(26)27-2)13-19(18)28-22(24)23-20(25)16-9-8-14-6-4-5-7-15(14)12-16/h4-13H,3H2,1-2H3. The van der Waals surface area contributed by atoms with Crippen molar-refractivity contribution in [2.45, 2.75) is 13.5 Å². The lowest BCUT2D eigenvalue weighted by molar-refractivity contribution is 0.0601. The third-order valence-corrected chi connectivity index (χ3v) is 5.65. The number of fused-ring (bicyclic) bond motifs is 2. The number of hydrogen-bond acceptors (Lipinski definition) is 4. The average Bonchev–Trinajstić information content (AvgIpc) is 3.08. The van der Waals surface area contributed by atoms with Crippen LogP contribution in [0.4, 0.5) is 0 Å². The molecule has 1 amide bonds. The molecule has 0 N–H and O–H groups in total. The molecule has 0 bridgehead atoms. The zero-order valence-corrected chi connectivity index (χ0v) is 16.3. The van der Waals surface area contributed by atoms with Crippen LogP contribution in [0.15, 0.2) is 65.7 Å². The van der Waals surface area contributed by atoms with Gasteiger partial charge in [0.15, 0.2) is 4.80 Å². The van der Waals surface area contributed by atoms with Crippen LogP contribution in [-0.2, 0) is 11.3 Å². The van der Waals surface area contributed by atoms with Gasteiger partial charge in [0, 0.05) is 12.1 Å². The van der Waals surface area contributed by atoms with Crippen molar-refractivity contribution in [2.75, 3.05) is 7.11 Å². The quantitative estimate of drug-likeness (QED) is 0.487. The maximum absolute atomic E-state index is 12.8. The number of esters is 1. The second kappa shape index (κ2) is 7.40. The zero-order valence-electron chi connectivity index (χ0n) is 15.5. The Hall–Kier alpha value is -3.25. The Balaban J connectivity index is 1.80. The maximum Gasteiger partial charge on any atom is 0.337 e. The number of methoxy groups -OCH3 is 1. The number of thiazole rings is 1. The first-order valence-electron chi connectivity index (χ1n) is 8.90. The average molecular weight is 390 g/mol. The normalized spacial score (nSPS) is 11.9. The Morgan fingerprint density at radius 3 is 2.50 bits per heavy atom. The molecular weight excluding hydrogens is 372 g/mol. The first kappa shape index (κ1) is 18.1. The number of benzene rings is 3. The van der Waals surface area contributed by atoms with E-state index in [1.807, 2.05) is 54.0 Å². The fraction of sp³-hybridized carbons (Fsp3) is 0.136. The summed E-state index contributed by atoms with van der Waals surface area (Å²) in [5.41, 5.74) is 1.96. The van der Waals surface area contributed by atoms with Gasteiger partial charge >= 0.3 is 5.97 Å². The first-order chi connectivity index (χ1) is 13.6. The van der Waals surface area contributed by atoms with Crippen LogP contribution in [0, 0.1) is 0 Å². The van der Waals surface area contributed by atoms with E-state index < -0.39 is 0 Å². The molecule has 0 aliphatic carbocycles. The summed E-state index contributed by atoms with van der Waals surface area (Å²) in [6, 6.07) is 18.9. The van der Waals surface area contributed by atoms with E-state index in [4.69, 9.17) is 4.74 Å². The van der Waals surface area contributed by atoms with Crippen LogP contribution in [0.25, 0.3) is 21.0 Å². The van der Waals surface area contributed by atoms with E-state index in [0.717, 1.165) is 21.0 Å². The molecule has 5 nitrogen and oxygen atoms in total. The summed E-state index contributed by atoms with van der Waals surface area (Å²) in [4.78, 5) is 29.5. The zero-order chi connectivity index (χ0) is 19.7. The van der Waals surface area contributed by atoms with Gasteiger partial charge in [0.1, 0.15) is 0 Å². The van der Waals surface area contributed by atoms with E-state index in [-0.39, 0.29) is 11.9 Å². The van der Waals surface area contributed by atoms with Crippen LogP contribution < -0.4 is 4.80 Å². The molecule has 0 aliphatic rings. The lowest BCUT2D eigenvalue weighted by Gasteiger charge is -2.02.